The Balaban J connectivity index is 1.82. The van der Waals surface area contributed by atoms with Crippen molar-refractivity contribution in [1.29, 1.82) is 0 Å². The lowest BCUT2D eigenvalue weighted by Crippen LogP contribution is -2.53. The molecule has 1 atom stereocenters. The minimum Gasteiger partial charge on any atom is -0.349 e. The summed E-state index contributed by atoms with van der Waals surface area (Å²) in [4.78, 5) is 13.1. The highest BCUT2D eigenvalue weighted by molar-refractivity contribution is 8.00. The molecule has 3 N–H and O–H groups in total. The topological polar surface area (TPSA) is 55.1 Å². The second-order valence-corrected chi connectivity index (χ2v) is 6.59. The van der Waals surface area contributed by atoms with E-state index >= 15 is 0 Å². The van der Waals surface area contributed by atoms with Crippen molar-refractivity contribution in [3.05, 3.63) is 29.8 Å². The largest absolute Gasteiger partial charge is 0.349 e. The molecule has 0 radical (unpaired) electrons. The van der Waals surface area contributed by atoms with Crippen LogP contribution >= 0.6 is 11.8 Å². The highest BCUT2D eigenvalue weighted by Crippen LogP contribution is 2.39. The molecule has 0 saturated heterocycles. The molecule has 1 aliphatic rings. The first-order valence-electron chi connectivity index (χ1n) is 6.74. The Bertz CT molecular complexity index is 442. The summed E-state index contributed by atoms with van der Waals surface area (Å²) in [5, 5.41) is 3.10. The van der Waals surface area contributed by atoms with Crippen LogP contribution in [0, 0.1) is 12.8 Å². The van der Waals surface area contributed by atoms with Crippen LogP contribution in [-0.4, -0.2) is 23.7 Å². The molecule has 1 aliphatic carbocycles. The standard InChI is InChI=1S/C15H22N2OS/c1-11-3-7-13(8-4-11)19-9-14(18)17-15(2,10-16)12-5-6-12/h3-4,7-8,12H,5-6,9-10,16H2,1-2H3,(H,17,18). The Kier molecular flexibility index (Phi) is 4.53. The highest BCUT2D eigenvalue weighted by atomic mass is 32.2. The van der Waals surface area contributed by atoms with Crippen molar-refractivity contribution in [2.75, 3.05) is 12.3 Å². The smallest absolute Gasteiger partial charge is 0.230 e. The first kappa shape index (κ1) is 14.4. The monoisotopic (exact) mass is 278 g/mol. The molecule has 0 heterocycles. The molecule has 0 aliphatic heterocycles. The highest BCUT2D eigenvalue weighted by Gasteiger charge is 2.41. The molecular weight excluding hydrogens is 256 g/mol. The van der Waals surface area contributed by atoms with E-state index in [2.05, 4.69) is 43.4 Å². The second-order valence-electron chi connectivity index (χ2n) is 5.55. The minimum atomic E-state index is -0.217. The number of hydrogen-bond donors (Lipinski definition) is 2. The maximum Gasteiger partial charge on any atom is 0.230 e. The van der Waals surface area contributed by atoms with Crippen LogP contribution in [0.15, 0.2) is 29.2 Å². The number of thioether (sulfide) groups is 1. The molecule has 1 aromatic rings. The third-order valence-electron chi connectivity index (χ3n) is 3.72. The van der Waals surface area contributed by atoms with Crippen molar-refractivity contribution in [2.45, 2.75) is 37.1 Å². The average Bonchev–Trinajstić information content (AvgIpc) is 3.22. The maximum absolute atomic E-state index is 12.0. The molecule has 1 unspecified atom stereocenters. The van der Waals surface area contributed by atoms with E-state index in [1.165, 1.54) is 18.4 Å². The Morgan fingerprint density at radius 2 is 2.05 bits per heavy atom. The van der Waals surface area contributed by atoms with Crippen LogP contribution in [-0.2, 0) is 4.79 Å². The van der Waals surface area contributed by atoms with Crippen LogP contribution in [0.25, 0.3) is 0 Å². The average molecular weight is 278 g/mol. The molecule has 1 saturated carbocycles. The molecule has 19 heavy (non-hydrogen) atoms. The van der Waals surface area contributed by atoms with Crippen LogP contribution in [0.5, 0.6) is 0 Å². The third-order valence-corrected chi connectivity index (χ3v) is 4.73. The van der Waals surface area contributed by atoms with Gasteiger partial charge in [0.15, 0.2) is 0 Å². The van der Waals surface area contributed by atoms with Gasteiger partial charge in [-0.3, -0.25) is 4.79 Å². The summed E-state index contributed by atoms with van der Waals surface area (Å²) in [6.45, 7) is 4.63. The number of aryl methyl sites for hydroxylation is 1. The lowest BCUT2D eigenvalue weighted by Gasteiger charge is -2.29. The number of nitrogens with two attached hydrogens (primary N) is 1. The Hall–Kier alpha value is -1.00. The van der Waals surface area contributed by atoms with Crippen LogP contribution in [0.4, 0.5) is 0 Å². The van der Waals surface area contributed by atoms with Crippen molar-refractivity contribution in [3.63, 3.8) is 0 Å². The van der Waals surface area contributed by atoms with Crippen LogP contribution in [0.1, 0.15) is 25.3 Å². The summed E-state index contributed by atoms with van der Waals surface area (Å²) >= 11 is 1.57. The Labute approximate surface area is 119 Å². The number of carbonyl (C=O) groups is 1. The summed E-state index contributed by atoms with van der Waals surface area (Å²) < 4.78 is 0. The molecule has 1 amide bonds. The summed E-state index contributed by atoms with van der Waals surface area (Å²) in [6.07, 6.45) is 2.36. The zero-order valence-electron chi connectivity index (χ0n) is 11.6. The number of amides is 1. The SMILES string of the molecule is Cc1ccc(SCC(=O)NC(C)(CN)C2CC2)cc1. The summed E-state index contributed by atoms with van der Waals surface area (Å²) in [5.74, 6) is 1.09. The Morgan fingerprint density at radius 1 is 1.42 bits per heavy atom. The van der Waals surface area contributed by atoms with E-state index in [0.29, 0.717) is 18.2 Å². The van der Waals surface area contributed by atoms with Gasteiger partial charge in [-0.2, -0.15) is 0 Å². The molecule has 2 rings (SSSR count). The fourth-order valence-electron chi connectivity index (χ4n) is 2.18. The number of benzene rings is 1. The molecular formula is C15H22N2OS. The van der Waals surface area contributed by atoms with E-state index < -0.39 is 0 Å². The lowest BCUT2D eigenvalue weighted by molar-refractivity contribution is -0.120. The summed E-state index contributed by atoms with van der Waals surface area (Å²) in [5.41, 5.74) is 6.82. The lowest BCUT2D eigenvalue weighted by atomic mass is 9.96. The van der Waals surface area contributed by atoms with E-state index in [1.54, 1.807) is 11.8 Å². The van der Waals surface area contributed by atoms with Crippen LogP contribution < -0.4 is 11.1 Å². The van der Waals surface area contributed by atoms with Gasteiger partial charge < -0.3 is 11.1 Å². The molecule has 4 heteroatoms. The van der Waals surface area contributed by atoms with Gasteiger partial charge in [-0.15, -0.1) is 11.8 Å². The van der Waals surface area contributed by atoms with Gasteiger partial charge in [-0.1, -0.05) is 17.7 Å². The van der Waals surface area contributed by atoms with E-state index in [4.69, 9.17) is 5.73 Å². The van der Waals surface area contributed by atoms with Crippen molar-refractivity contribution >= 4 is 17.7 Å². The van der Waals surface area contributed by atoms with Gasteiger partial charge in [0.05, 0.1) is 11.3 Å². The second kappa shape index (κ2) is 5.97. The van der Waals surface area contributed by atoms with Gasteiger partial charge in [0.1, 0.15) is 0 Å². The normalized spacial score (nSPS) is 17.8. The van der Waals surface area contributed by atoms with Gasteiger partial charge in [-0.05, 0) is 44.7 Å². The summed E-state index contributed by atoms with van der Waals surface area (Å²) in [6, 6.07) is 8.23. The van der Waals surface area contributed by atoms with E-state index in [9.17, 15) is 4.79 Å². The molecule has 0 spiro atoms. The van der Waals surface area contributed by atoms with E-state index in [-0.39, 0.29) is 11.4 Å². The molecule has 104 valence electrons. The molecule has 0 aromatic heterocycles. The van der Waals surface area contributed by atoms with E-state index in [1.807, 2.05) is 0 Å². The van der Waals surface area contributed by atoms with E-state index in [0.717, 1.165) is 4.90 Å². The van der Waals surface area contributed by atoms with Crippen molar-refractivity contribution in [1.82, 2.24) is 5.32 Å². The van der Waals surface area contributed by atoms with Crippen molar-refractivity contribution in [2.24, 2.45) is 11.7 Å². The minimum absolute atomic E-state index is 0.0745. The van der Waals surface area contributed by atoms with Gasteiger partial charge in [0.25, 0.3) is 0 Å². The van der Waals surface area contributed by atoms with Crippen LogP contribution in [0.2, 0.25) is 0 Å². The zero-order chi connectivity index (χ0) is 13.9. The fourth-order valence-corrected chi connectivity index (χ4v) is 2.88. The molecule has 1 aromatic carbocycles. The number of rotatable bonds is 6. The maximum atomic E-state index is 12.0. The number of carbonyl (C=O) groups excluding carboxylic acids is 1. The van der Waals surface area contributed by atoms with Crippen LogP contribution in [0.3, 0.4) is 0 Å². The summed E-state index contributed by atoms with van der Waals surface area (Å²) in [7, 11) is 0. The quantitative estimate of drug-likeness (QED) is 0.785. The molecule has 1 fully saturated rings. The Morgan fingerprint density at radius 3 is 2.58 bits per heavy atom. The molecule has 3 nitrogen and oxygen atoms in total. The van der Waals surface area contributed by atoms with Gasteiger partial charge >= 0.3 is 0 Å². The predicted octanol–water partition coefficient (Wildman–Crippen LogP) is 2.33. The third kappa shape index (κ3) is 3.98. The van der Waals surface area contributed by atoms with Gasteiger partial charge in [0, 0.05) is 11.4 Å². The fraction of sp³-hybridized carbons (Fsp3) is 0.533. The predicted molar refractivity (Wildman–Crippen MR) is 80.2 cm³/mol. The zero-order valence-corrected chi connectivity index (χ0v) is 12.4. The first-order chi connectivity index (χ1) is 9.03. The number of nitrogens with one attached hydrogen (secondary N) is 1. The van der Waals surface area contributed by atoms with Crippen molar-refractivity contribution in [3.8, 4) is 0 Å². The first-order valence-corrected chi connectivity index (χ1v) is 7.72. The number of hydrogen-bond acceptors (Lipinski definition) is 3. The van der Waals surface area contributed by atoms with Gasteiger partial charge in [-0.25, -0.2) is 0 Å². The van der Waals surface area contributed by atoms with Gasteiger partial charge in [0.2, 0.25) is 5.91 Å². The van der Waals surface area contributed by atoms with Crippen molar-refractivity contribution < 1.29 is 4.79 Å². The molecule has 0 bridgehead atoms.